The van der Waals surface area contributed by atoms with E-state index in [2.05, 4.69) is 36.9 Å². The van der Waals surface area contributed by atoms with Crippen LogP contribution in [-0.2, 0) is 11.2 Å². The van der Waals surface area contributed by atoms with Crippen LogP contribution in [0.25, 0.3) is 0 Å². The molecule has 24 heavy (non-hydrogen) atoms. The Morgan fingerprint density at radius 2 is 2.08 bits per heavy atom. The van der Waals surface area contributed by atoms with Crippen LogP contribution in [-0.4, -0.2) is 18.1 Å². The summed E-state index contributed by atoms with van der Waals surface area (Å²) < 4.78 is 0. The first kappa shape index (κ1) is 16.4. The lowest BCUT2D eigenvalue weighted by atomic mass is 10.0. The Kier molecular flexibility index (Phi) is 4.79. The molecule has 1 aliphatic heterocycles. The van der Waals surface area contributed by atoms with Crippen molar-refractivity contribution >= 4 is 23.4 Å². The molecule has 2 aromatic carbocycles. The number of unbranched alkanes of at least 4 members (excludes halogenated alkanes) is 1. The Balaban J connectivity index is 2.02. The quantitative estimate of drug-likeness (QED) is 0.728. The van der Waals surface area contributed by atoms with Gasteiger partial charge in [-0.05, 0) is 54.8 Å². The van der Waals surface area contributed by atoms with Gasteiger partial charge in [0.2, 0.25) is 0 Å². The van der Waals surface area contributed by atoms with Crippen molar-refractivity contribution in [2.24, 2.45) is 0 Å². The van der Waals surface area contributed by atoms with E-state index in [1.807, 2.05) is 24.3 Å². The molecule has 3 rings (SSSR count). The molecule has 0 aromatic heterocycles. The van der Waals surface area contributed by atoms with Gasteiger partial charge in [-0.1, -0.05) is 25.5 Å². The van der Waals surface area contributed by atoms with Crippen molar-refractivity contribution in [1.29, 1.82) is 0 Å². The maximum Gasteiger partial charge on any atom is 0.155 e. The van der Waals surface area contributed by atoms with Crippen LogP contribution in [0.4, 0.5) is 11.4 Å². The second-order valence-corrected chi connectivity index (χ2v) is 6.50. The van der Waals surface area contributed by atoms with Gasteiger partial charge in [0.05, 0.1) is 6.04 Å². The summed E-state index contributed by atoms with van der Waals surface area (Å²) in [7, 11) is 0. The zero-order valence-electron chi connectivity index (χ0n) is 14.3. The number of Topliss-reactive ketones (excluding diaryl/α,β-unsaturated/α-hetero) is 1. The second-order valence-electron chi connectivity index (χ2n) is 6.50. The van der Waals surface area contributed by atoms with Crippen molar-refractivity contribution in [1.82, 2.24) is 0 Å². The van der Waals surface area contributed by atoms with Crippen LogP contribution in [0, 0.1) is 6.92 Å². The average Bonchev–Trinajstić information content (AvgIpc) is 2.98. The van der Waals surface area contributed by atoms with Crippen LogP contribution in [0.15, 0.2) is 42.5 Å². The highest BCUT2D eigenvalue weighted by Crippen LogP contribution is 2.39. The molecule has 2 aromatic rings. The molecular weight excluding hydrogens is 298 g/mol. The number of anilines is 2. The fourth-order valence-corrected chi connectivity index (χ4v) is 3.42. The molecule has 1 heterocycles. The number of nitrogens with zero attached hydrogens (tertiary/aromatic N) is 1. The number of aldehydes is 1. The van der Waals surface area contributed by atoms with Gasteiger partial charge < -0.3 is 4.90 Å². The fourth-order valence-electron chi connectivity index (χ4n) is 3.42. The van der Waals surface area contributed by atoms with Gasteiger partial charge in [-0.25, -0.2) is 0 Å². The smallest absolute Gasteiger partial charge is 0.155 e. The van der Waals surface area contributed by atoms with Gasteiger partial charge in [0.1, 0.15) is 6.29 Å². The Bertz CT molecular complexity index is 766. The molecule has 0 aliphatic carbocycles. The van der Waals surface area contributed by atoms with Crippen molar-refractivity contribution in [2.75, 3.05) is 4.90 Å². The highest BCUT2D eigenvalue weighted by atomic mass is 16.1. The van der Waals surface area contributed by atoms with E-state index < -0.39 is 0 Å². The number of fused-ring (bicyclic) bond motifs is 1. The third kappa shape index (κ3) is 3.12. The lowest BCUT2D eigenvalue weighted by Crippen LogP contribution is -2.35. The molecule has 1 atom stereocenters. The summed E-state index contributed by atoms with van der Waals surface area (Å²) in [5.74, 6) is 0.280. The van der Waals surface area contributed by atoms with E-state index in [0.717, 1.165) is 36.1 Å². The number of carbonyl (C=O) groups is 2. The van der Waals surface area contributed by atoms with Crippen LogP contribution >= 0.6 is 0 Å². The summed E-state index contributed by atoms with van der Waals surface area (Å²) >= 11 is 0. The molecule has 1 unspecified atom stereocenters. The van der Waals surface area contributed by atoms with Crippen LogP contribution < -0.4 is 4.90 Å². The zero-order valence-corrected chi connectivity index (χ0v) is 14.3. The van der Waals surface area contributed by atoms with Crippen LogP contribution in [0.2, 0.25) is 0 Å². The minimum atomic E-state index is -0.171. The monoisotopic (exact) mass is 321 g/mol. The minimum Gasteiger partial charge on any atom is -0.330 e. The van der Waals surface area contributed by atoms with Crippen molar-refractivity contribution in [3.8, 4) is 0 Å². The van der Waals surface area contributed by atoms with E-state index >= 15 is 0 Å². The summed E-state index contributed by atoms with van der Waals surface area (Å²) in [5.41, 5.74) is 5.00. The van der Waals surface area contributed by atoms with Crippen molar-refractivity contribution in [3.63, 3.8) is 0 Å². The Hall–Kier alpha value is -2.42. The van der Waals surface area contributed by atoms with Gasteiger partial charge in [0.15, 0.2) is 5.78 Å². The number of ketones is 1. The molecule has 0 saturated heterocycles. The van der Waals surface area contributed by atoms with E-state index in [1.54, 1.807) is 0 Å². The van der Waals surface area contributed by atoms with Gasteiger partial charge in [0, 0.05) is 29.8 Å². The summed E-state index contributed by atoms with van der Waals surface area (Å²) in [4.78, 5) is 26.0. The molecule has 0 amide bonds. The maximum atomic E-state index is 12.8. The van der Waals surface area contributed by atoms with Crippen LogP contribution in [0.3, 0.4) is 0 Å². The standard InChI is InChI=1S/C21H23NO2/c1-3-4-8-21(24)20-13-17-12-16(14-23)9-10-19(17)22(20)18-7-5-6-15(2)11-18/h5-7,9-12,14,20H,3-4,8,13H2,1-2H3. The number of benzene rings is 2. The molecule has 3 nitrogen and oxygen atoms in total. The second kappa shape index (κ2) is 7.00. The van der Waals surface area contributed by atoms with Crippen LogP contribution in [0.1, 0.15) is 47.7 Å². The first-order chi connectivity index (χ1) is 11.6. The largest absolute Gasteiger partial charge is 0.330 e. The summed E-state index contributed by atoms with van der Waals surface area (Å²) in [5, 5.41) is 0. The minimum absolute atomic E-state index is 0.171. The topological polar surface area (TPSA) is 37.4 Å². The van der Waals surface area contributed by atoms with E-state index in [4.69, 9.17) is 0 Å². The Labute approximate surface area is 143 Å². The fraction of sp³-hybridized carbons (Fsp3) is 0.333. The van der Waals surface area contributed by atoms with E-state index in [9.17, 15) is 9.59 Å². The lowest BCUT2D eigenvalue weighted by molar-refractivity contribution is -0.120. The van der Waals surface area contributed by atoms with Crippen molar-refractivity contribution in [2.45, 2.75) is 45.6 Å². The number of rotatable bonds is 6. The molecule has 124 valence electrons. The van der Waals surface area contributed by atoms with Gasteiger partial charge in [-0.15, -0.1) is 0 Å². The van der Waals surface area contributed by atoms with E-state index in [-0.39, 0.29) is 11.8 Å². The Morgan fingerprint density at radius 3 is 2.79 bits per heavy atom. The molecule has 1 aliphatic rings. The molecule has 0 fully saturated rings. The molecule has 3 heteroatoms. The number of carbonyl (C=O) groups excluding carboxylic acids is 2. The maximum absolute atomic E-state index is 12.8. The first-order valence-electron chi connectivity index (χ1n) is 8.60. The van der Waals surface area contributed by atoms with Gasteiger partial charge in [0.25, 0.3) is 0 Å². The van der Waals surface area contributed by atoms with E-state index in [1.165, 1.54) is 5.56 Å². The molecule has 0 bridgehead atoms. The molecule has 0 radical (unpaired) electrons. The van der Waals surface area contributed by atoms with Gasteiger partial charge in [-0.2, -0.15) is 0 Å². The molecule has 0 saturated carbocycles. The number of aryl methyl sites for hydroxylation is 1. The average molecular weight is 321 g/mol. The number of hydrogen-bond acceptors (Lipinski definition) is 3. The molecule has 0 N–H and O–H groups in total. The summed E-state index contributed by atoms with van der Waals surface area (Å²) in [6.45, 7) is 4.16. The summed E-state index contributed by atoms with van der Waals surface area (Å²) in [6, 6.07) is 13.8. The highest BCUT2D eigenvalue weighted by Gasteiger charge is 2.34. The third-order valence-corrected chi connectivity index (χ3v) is 4.65. The first-order valence-corrected chi connectivity index (χ1v) is 8.60. The third-order valence-electron chi connectivity index (χ3n) is 4.65. The predicted molar refractivity (Wildman–Crippen MR) is 97.2 cm³/mol. The highest BCUT2D eigenvalue weighted by molar-refractivity contribution is 5.93. The van der Waals surface area contributed by atoms with Crippen molar-refractivity contribution < 1.29 is 9.59 Å². The zero-order chi connectivity index (χ0) is 17.1. The molecule has 0 spiro atoms. The van der Waals surface area contributed by atoms with Gasteiger partial charge in [-0.3, -0.25) is 9.59 Å². The van der Waals surface area contributed by atoms with Crippen LogP contribution in [0.5, 0.6) is 0 Å². The van der Waals surface area contributed by atoms with E-state index in [0.29, 0.717) is 18.4 Å². The lowest BCUT2D eigenvalue weighted by Gasteiger charge is -2.27. The molecular formula is C21H23NO2. The normalized spacial score (nSPS) is 16.1. The predicted octanol–water partition coefficient (Wildman–Crippen LogP) is 4.63. The summed E-state index contributed by atoms with van der Waals surface area (Å²) in [6.07, 6.45) is 4.09. The van der Waals surface area contributed by atoms with Crippen molar-refractivity contribution in [3.05, 3.63) is 59.2 Å². The Morgan fingerprint density at radius 1 is 1.25 bits per heavy atom. The van der Waals surface area contributed by atoms with Gasteiger partial charge >= 0.3 is 0 Å². The SMILES string of the molecule is CCCCC(=O)C1Cc2cc(C=O)ccc2N1c1cccc(C)c1. The number of hydrogen-bond donors (Lipinski definition) is 0.